The lowest BCUT2D eigenvalue weighted by Gasteiger charge is -2.12. The lowest BCUT2D eigenvalue weighted by molar-refractivity contribution is 0.0527. The van der Waals surface area contributed by atoms with Gasteiger partial charge in [-0.05, 0) is 26.0 Å². The Hall–Kier alpha value is -1.79. The largest absolute Gasteiger partial charge is 0.462 e. The molecule has 2 rings (SSSR count). The smallest absolute Gasteiger partial charge is 0.340 e. The number of nitrogens with two attached hydrogens (primary N) is 1. The van der Waals surface area contributed by atoms with Crippen LogP contribution < -0.4 is 11.1 Å². The number of anilines is 3. The van der Waals surface area contributed by atoms with Crippen molar-refractivity contribution in [3.8, 4) is 0 Å². The van der Waals surface area contributed by atoms with Crippen LogP contribution in [0.3, 0.4) is 0 Å². The van der Waals surface area contributed by atoms with Crippen molar-refractivity contribution in [3.63, 3.8) is 0 Å². The molecule has 0 atom stereocenters. The number of hydrogen-bond donors (Lipinski definition) is 2. The van der Waals surface area contributed by atoms with Gasteiger partial charge >= 0.3 is 5.97 Å². The second kappa shape index (κ2) is 6.11. The van der Waals surface area contributed by atoms with E-state index in [9.17, 15) is 4.79 Å². The number of nitrogens with one attached hydrogen (secondary N) is 1. The molecule has 7 heteroatoms. The Morgan fingerprint density at radius 2 is 2.30 bits per heavy atom. The second-order valence-corrected chi connectivity index (χ2v) is 5.69. The van der Waals surface area contributed by atoms with E-state index in [1.54, 1.807) is 19.2 Å². The van der Waals surface area contributed by atoms with E-state index in [4.69, 9.17) is 22.1 Å². The van der Waals surface area contributed by atoms with Crippen LogP contribution in [-0.4, -0.2) is 17.6 Å². The minimum absolute atomic E-state index is 0.279. The number of esters is 1. The van der Waals surface area contributed by atoms with Gasteiger partial charge in [0, 0.05) is 16.8 Å². The number of halogens is 1. The summed E-state index contributed by atoms with van der Waals surface area (Å²) in [7, 11) is 0. The highest BCUT2D eigenvalue weighted by Gasteiger charge is 2.17. The van der Waals surface area contributed by atoms with Gasteiger partial charge in [-0.1, -0.05) is 11.6 Å². The molecule has 0 aliphatic rings. The van der Waals surface area contributed by atoms with Crippen molar-refractivity contribution < 1.29 is 9.53 Å². The highest BCUT2D eigenvalue weighted by atomic mass is 35.5. The molecular formula is C13H14ClN3O2S. The minimum Gasteiger partial charge on any atom is -0.462 e. The fraction of sp³-hybridized carbons (Fsp3) is 0.231. The van der Waals surface area contributed by atoms with Crippen molar-refractivity contribution in [2.45, 2.75) is 13.8 Å². The number of aryl methyl sites for hydroxylation is 1. The maximum atomic E-state index is 12.0. The number of aromatic nitrogens is 1. The molecule has 0 bridgehead atoms. The molecule has 0 unspecified atom stereocenters. The quantitative estimate of drug-likeness (QED) is 0.666. The SMILES string of the molecule is CCOC(=O)c1cc(N)cc(Cl)c1Nc1ncc(C)s1. The Bertz CT molecular complexity index is 643. The van der Waals surface area contributed by atoms with E-state index in [1.165, 1.54) is 17.4 Å². The zero-order chi connectivity index (χ0) is 14.7. The van der Waals surface area contributed by atoms with Gasteiger partial charge in [-0.2, -0.15) is 0 Å². The monoisotopic (exact) mass is 311 g/mol. The molecule has 0 aliphatic heterocycles. The summed E-state index contributed by atoms with van der Waals surface area (Å²) in [5.41, 5.74) is 6.88. The first-order valence-electron chi connectivity index (χ1n) is 5.97. The summed E-state index contributed by atoms with van der Waals surface area (Å²) in [6.07, 6.45) is 1.74. The third-order valence-electron chi connectivity index (χ3n) is 2.46. The zero-order valence-electron chi connectivity index (χ0n) is 11.1. The van der Waals surface area contributed by atoms with Gasteiger partial charge in [0.25, 0.3) is 0 Å². The number of benzene rings is 1. The highest BCUT2D eigenvalue weighted by Crippen LogP contribution is 2.33. The maximum absolute atomic E-state index is 12.0. The Balaban J connectivity index is 2.42. The van der Waals surface area contributed by atoms with Crippen molar-refractivity contribution >= 4 is 45.4 Å². The van der Waals surface area contributed by atoms with E-state index >= 15 is 0 Å². The van der Waals surface area contributed by atoms with Crippen molar-refractivity contribution in [1.29, 1.82) is 0 Å². The summed E-state index contributed by atoms with van der Waals surface area (Å²) in [5, 5.41) is 4.05. The van der Waals surface area contributed by atoms with Crippen LogP contribution in [0.5, 0.6) is 0 Å². The minimum atomic E-state index is -0.475. The zero-order valence-corrected chi connectivity index (χ0v) is 12.6. The summed E-state index contributed by atoms with van der Waals surface area (Å²) < 4.78 is 5.01. The van der Waals surface area contributed by atoms with Gasteiger partial charge in [0.2, 0.25) is 0 Å². The molecule has 3 N–H and O–H groups in total. The molecule has 1 heterocycles. The first-order valence-corrected chi connectivity index (χ1v) is 7.16. The van der Waals surface area contributed by atoms with Gasteiger partial charge in [-0.15, -0.1) is 11.3 Å². The standard InChI is InChI=1S/C13H14ClN3O2S/c1-3-19-12(18)9-4-8(15)5-10(14)11(9)17-13-16-6-7(2)20-13/h4-6H,3,15H2,1-2H3,(H,16,17). The summed E-state index contributed by atoms with van der Waals surface area (Å²) in [4.78, 5) is 17.2. The molecule has 0 saturated heterocycles. The number of carbonyl (C=O) groups excluding carboxylic acids is 1. The fourth-order valence-electron chi connectivity index (χ4n) is 1.64. The van der Waals surface area contributed by atoms with Crippen molar-refractivity contribution in [3.05, 3.63) is 33.8 Å². The van der Waals surface area contributed by atoms with E-state index in [0.29, 0.717) is 27.1 Å². The Morgan fingerprint density at radius 3 is 2.90 bits per heavy atom. The Labute approximate surface area is 125 Å². The number of carbonyl (C=O) groups is 1. The van der Waals surface area contributed by atoms with Crippen LogP contribution in [0.1, 0.15) is 22.2 Å². The van der Waals surface area contributed by atoms with E-state index < -0.39 is 5.97 Å². The highest BCUT2D eigenvalue weighted by molar-refractivity contribution is 7.15. The summed E-state index contributed by atoms with van der Waals surface area (Å²) in [6.45, 7) is 3.96. The predicted octanol–water partition coefficient (Wildman–Crippen LogP) is 3.61. The molecule has 0 radical (unpaired) electrons. The molecule has 0 aliphatic carbocycles. The molecule has 0 fully saturated rings. The van der Waals surface area contributed by atoms with Gasteiger partial charge in [0.05, 0.1) is 22.9 Å². The third-order valence-corrected chi connectivity index (χ3v) is 3.59. The second-order valence-electron chi connectivity index (χ2n) is 4.05. The first-order chi connectivity index (χ1) is 9.51. The maximum Gasteiger partial charge on any atom is 0.340 e. The Kier molecular flexibility index (Phi) is 4.46. The molecule has 106 valence electrons. The van der Waals surface area contributed by atoms with Gasteiger partial charge in [0.1, 0.15) is 0 Å². The summed E-state index contributed by atoms with van der Waals surface area (Å²) in [5.74, 6) is -0.475. The third kappa shape index (κ3) is 3.20. The number of nitrogens with zero attached hydrogens (tertiary/aromatic N) is 1. The van der Waals surface area contributed by atoms with E-state index in [-0.39, 0.29) is 6.61 Å². The molecular weight excluding hydrogens is 298 g/mol. The molecule has 1 aromatic carbocycles. The van der Waals surface area contributed by atoms with Gasteiger partial charge in [0.15, 0.2) is 5.13 Å². The topological polar surface area (TPSA) is 77.2 Å². The molecule has 20 heavy (non-hydrogen) atoms. The summed E-state index contributed by atoms with van der Waals surface area (Å²) >= 11 is 7.63. The molecule has 0 amide bonds. The number of hydrogen-bond acceptors (Lipinski definition) is 6. The van der Waals surface area contributed by atoms with E-state index in [1.807, 2.05) is 6.92 Å². The van der Waals surface area contributed by atoms with Crippen LogP contribution in [0.2, 0.25) is 5.02 Å². The van der Waals surface area contributed by atoms with Crippen LogP contribution in [-0.2, 0) is 4.74 Å². The van der Waals surface area contributed by atoms with Crippen LogP contribution in [0.25, 0.3) is 0 Å². The summed E-state index contributed by atoms with van der Waals surface area (Å²) in [6, 6.07) is 3.11. The van der Waals surface area contributed by atoms with Crippen LogP contribution in [0.15, 0.2) is 18.3 Å². The van der Waals surface area contributed by atoms with E-state index in [2.05, 4.69) is 10.3 Å². The number of thiazole rings is 1. The van der Waals surface area contributed by atoms with Gasteiger partial charge in [-0.3, -0.25) is 0 Å². The number of ether oxygens (including phenoxy) is 1. The van der Waals surface area contributed by atoms with Crippen LogP contribution in [0.4, 0.5) is 16.5 Å². The Morgan fingerprint density at radius 1 is 1.55 bits per heavy atom. The predicted molar refractivity (Wildman–Crippen MR) is 82.0 cm³/mol. The van der Waals surface area contributed by atoms with Crippen molar-refractivity contribution in [2.24, 2.45) is 0 Å². The van der Waals surface area contributed by atoms with Crippen molar-refractivity contribution in [2.75, 3.05) is 17.7 Å². The lowest BCUT2D eigenvalue weighted by atomic mass is 10.1. The number of nitrogen functional groups attached to an aromatic ring is 1. The van der Waals surface area contributed by atoms with Crippen molar-refractivity contribution in [1.82, 2.24) is 4.98 Å². The normalized spacial score (nSPS) is 10.3. The number of rotatable bonds is 4. The lowest BCUT2D eigenvalue weighted by Crippen LogP contribution is -2.09. The van der Waals surface area contributed by atoms with Gasteiger partial charge < -0.3 is 15.8 Å². The molecule has 0 spiro atoms. The first kappa shape index (κ1) is 14.6. The molecule has 1 aromatic heterocycles. The molecule has 5 nitrogen and oxygen atoms in total. The van der Waals surface area contributed by atoms with Gasteiger partial charge in [-0.25, -0.2) is 9.78 Å². The van der Waals surface area contributed by atoms with Crippen LogP contribution >= 0.6 is 22.9 Å². The van der Waals surface area contributed by atoms with E-state index in [0.717, 1.165) is 4.88 Å². The molecule has 0 saturated carbocycles. The van der Waals surface area contributed by atoms with Crippen LogP contribution in [0, 0.1) is 6.92 Å². The average Bonchev–Trinajstić information content (AvgIpc) is 2.78. The average molecular weight is 312 g/mol. The fourth-order valence-corrected chi connectivity index (χ4v) is 2.59. The molecule has 2 aromatic rings.